The summed E-state index contributed by atoms with van der Waals surface area (Å²) in [5, 5.41) is 5.76. The molecule has 1 fully saturated rings. The summed E-state index contributed by atoms with van der Waals surface area (Å²) in [5.74, 6) is -0.0792. The predicted octanol–water partition coefficient (Wildman–Crippen LogP) is 3.32. The minimum absolute atomic E-state index is 0.0792. The largest absolute Gasteiger partial charge is 0.382 e. The second kappa shape index (κ2) is 7.55. The number of carbonyl (C=O) groups is 1. The Hall–Kier alpha value is -2.24. The third-order valence-electron chi connectivity index (χ3n) is 3.96. The number of amides is 1. The van der Waals surface area contributed by atoms with Crippen molar-refractivity contribution in [2.75, 3.05) is 19.8 Å². The zero-order valence-electron chi connectivity index (χ0n) is 13.6. The lowest BCUT2D eigenvalue weighted by Gasteiger charge is -2.13. The van der Waals surface area contributed by atoms with E-state index < -0.39 is 0 Å². The molecule has 1 saturated heterocycles. The summed E-state index contributed by atoms with van der Waals surface area (Å²) in [6.07, 6.45) is 2.64. The molecule has 0 unspecified atom stereocenters. The highest BCUT2D eigenvalue weighted by Gasteiger charge is 2.30. The Labute approximate surface area is 147 Å². The third kappa shape index (κ3) is 3.47. The summed E-state index contributed by atoms with van der Waals surface area (Å²) in [6, 6.07) is 14.2. The molecule has 1 amide bonds. The maximum absolute atomic E-state index is 12.6. The maximum Gasteiger partial charge on any atom is 0.276 e. The molecule has 2 aromatic carbocycles. The van der Waals surface area contributed by atoms with Crippen molar-refractivity contribution in [3.63, 3.8) is 0 Å². The van der Waals surface area contributed by atoms with E-state index in [0.29, 0.717) is 30.6 Å². The molecule has 0 aliphatic carbocycles. The number of fused-ring (bicyclic) bond motifs is 1. The molecule has 0 radical (unpaired) electrons. The van der Waals surface area contributed by atoms with E-state index in [1.54, 1.807) is 4.90 Å². The number of ether oxygens (including phenoxy) is 1. The fourth-order valence-electron chi connectivity index (χ4n) is 2.78. The van der Waals surface area contributed by atoms with Crippen molar-refractivity contribution in [3.8, 4) is 0 Å². The SMILES string of the molecule is CCOCCCN1C(=O)/C(=C\c2cccc3ccccc23)NC1=S. The number of nitrogens with one attached hydrogen (secondary N) is 1. The van der Waals surface area contributed by atoms with Crippen LogP contribution in [0.25, 0.3) is 16.8 Å². The molecule has 3 rings (SSSR count). The molecule has 0 aromatic heterocycles. The lowest BCUT2D eigenvalue weighted by Crippen LogP contribution is -2.32. The molecule has 0 bridgehead atoms. The van der Waals surface area contributed by atoms with Gasteiger partial charge in [0.2, 0.25) is 0 Å². The number of hydrogen-bond acceptors (Lipinski definition) is 3. The Morgan fingerprint density at radius 2 is 2.00 bits per heavy atom. The van der Waals surface area contributed by atoms with Gasteiger partial charge in [-0.1, -0.05) is 42.5 Å². The molecular formula is C19H20N2O2S. The van der Waals surface area contributed by atoms with Gasteiger partial charge in [0.1, 0.15) is 5.70 Å². The molecule has 24 heavy (non-hydrogen) atoms. The molecule has 0 saturated carbocycles. The van der Waals surface area contributed by atoms with Crippen LogP contribution in [0.15, 0.2) is 48.2 Å². The van der Waals surface area contributed by atoms with Crippen molar-refractivity contribution in [2.24, 2.45) is 0 Å². The number of thiocarbonyl (C=S) groups is 1. The molecule has 0 atom stereocenters. The molecule has 4 nitrogen and oxygen atoms in total. The fourth-order valence-corrected chi connectivity index (χ4v) is 3.06. The second-order valence-electron chi connectivity index (χ2n) is 5.56. The molecule has 1 heterocycles. The molecule has 0 spiro atoms. The lowest BCUT2D eigenvalue weighted by atomic mass is 10.0. The average molecular weight is 340 g/mol. The first kappa shape index (κ1) is 16.6. The van der Waals surface area contributed by atoms with Crippen LogP contribution in [0.3, 0.4) is 0 Å². The molecule has 1 N–H and O–H groups in total. The van der Waals surface area contributed by atoms with Crippen molar-refractivity contribution in [2.45, 2.75) is 13.3 Å². The maximum atomic E-state index is 12.6. The number of benzene rings is 2. The van der Waals surface area contributed by atoms with Gasteiger partial charge in [0, 0.05) is 19.8 Å². The van der Waals surface area contributed by atoms with Crippen LogP contribution in [-0.2, 0) is 9.53 Å². The summed E-state index contributed by atoms with van der Waals surface area (Å²) >= 11 is 5.30. The minimum Gasteiger partial charge on any atom is -0.382 e. The van der Waals surface area contributed by atoms with E-state index in [4.69, 9.17) is 17.0 Å². The van der Waals surface area contributed by atoms with Gasteiger partial charge in [-0.15, -0.1) is 0 Å². The Bertz CT molecular complexity index is 796. The Balaban J connectivity index is 1.80. The van der Waals surface area contributed by atoms with Crippen LogP contribution in [0.2, 0.25) is 0 Å². The van der Waals surface area contributed by atoms with Gasteiger partial charge in [-0.3, -0.25) is 9.69 Å². The highest BCUT2D eigenvalue weighted by molar-refractivity contribution is 7.80. The van der Waals surface area contributed by atoms with Crippen molar-refractivity contribution in [1.29, 1.82) is 0 Å². The summed E-state index contributed by atoms with van der Waals surface area (Å²) in [4.78, 5) is 14.2. The molecule has 124 valence electrons. The smallest absolute Gasteiger partial charge is 0.276 e. The molecular weight excluding hydrogens is 320 g/mol. The number of hydrogen-bond donors (Lipinski definition) is 1. The van der Waals surface area contributed by atoms with Crippen molar-refractivity contribution >= 4 is 40.1 Å². The Morgan fingerprint density at radius 3 is 2.83 bits per heavy atom. The topological polar surface area (TPSA) is 41.6 Å². The third-order valence-corrected chi connectivity index (χ3v) is 4.28. The quantitative estimate of drug-likeness (QED) is 0.498. The normalized spacial score (nSPS) is 16.2. The van der Waals surface area contributed by atoms with E-state index in [9.17, 15) is 4.79 Å². The fraction of sp³-hybridized carbons (Fsp3) is 0.263. The van der Waals surface area contributed by atoms with Crippen LogP contribution >= 0.6 is 12.2 Å². The molecule has 1 aliphatic rings. The van der Waals surface area contributed by atoms with Crippen molar-refractivity contribution in [1.82, 2.24) is 10.2 Å². The molecule has 1 aliphatic heterocycles. The summed E-state index contributed by atoms with van der Waals surface area (Å²) in [5.41, 5.74) is 1.52. The number of rotatable bonds is 6. The molecule has 5 heteroatoms. The van der Waals surface area contributed by atoms with E-state index in [1.807, 2.05) is 37.3 Å². The van der Waals surface area contributed by atoms with Crippen LogP contribution < -0.4 is 5.32 Å². The van der Waals surface area contributed by atoms with Crippen molar-refractivity contribution in [3.05, 3.63) is 53.7 Å². The zero-order chi connectivity index (χ0) is 16.9. The van der Waals surface area contributed by atoms with Crippen LogP contribution in [0.4, 0.5) is 0 Å². The number of carbonyl (C=O) groups excluding carboxylic acids is 1. The first-order valence-corrected chi connectivity index (χ1v) is 8.51. The monoisotopic (exact) mass is 340 g/mol. The number of nitrogens with zero attached hydrogens (tertiary/aromatic N) is 1. The second-order valence-corrected chi connectivity index (χ2v) is 5.95. The highest BCUT2D eigenvalue weighted by atomic mass is 32.1. The van der Waals surface area contributed by atoms with Gasteiger partial charge >= 0.3 is 0 Å². The van der Waals surface area contributed by atoms with E-state index in [-0.39, 0.29) is 5.91 Å². The highest BCUT2D eigenvalue weighted by Crippen LogP contribution is 2.22. The van der Waals surface area contributed by atoms with Crippen LogP contribution in [0, 0.1) is 0 Å². The Kier molecular flexibility index (Phi) is 5.23. The summed E-state index contributed by atoms with van der Waals surface area (Å²) in [6.45, 7) is 3.84. The lowest BCUT2D eigenvalue weighted by molar-refractivity contribution is -0.122. The predicted molar refractivity (Wildman–Crippen MR) is 100 cm³/mol. The first-order valence-electron chi connectivity index (χ1n) is 8.10. The van der Waals surface area contributed by atoms with Gasteiger partial charge in [0.05, 0.1) is 0 Å². The van der Waals surface area contributed by atoms with Crippen LogP contribution in [-0.4, -0.2) is 35.7 Å². The van der Waals surface area contributed by atoms with Gasteiger partial charge in [-0.2, -0.15) is 0 Å². The summed E-state index contributed by atoms with van der Waals surface area (Å²) < 4.78 is 5.32. The van der Waals surface area contributed by atoms with E-state index >= 15 is 0 Å². The van der Waals surface area contributed by atoms with Gasteiger partial charge in [0.25, 0.3) is 5.91 Å². The van der Waals surface area contributed by atoms with E-state index in [0.717, 1.165) is 22.8 Å². The van der Waals surface area contributed by atoms with Gasteiger partial charge in [0.15, 0.2) is 5.11 Å². The van der Waals surface area contributed by atoms with Crippen molar-refractivity contribution < 1.29 is 9.53 Å². The van der Waals surface area contributed by atoms with Gasteiger partial charge in [-0.25, -0.2) is 0 Å². The molecule has 2 aromatic rings. The van der Waals surface area contributed by atoms with Crippen LogP contribution in [0.5, 0.6) is 0 Å². The first-order chi connectivity index (χ1) is 11.7. The zero-order valence-corrected chi connectivity index (χ0v) is 14.4. The summed E-state index contributed by atoms with van der Waals surface area (Å²) in [7, 11) is 0. The standard InChI is InChI=1S/C19H20N2O2S/c1-2-23-12-6-11-21-18(22)17(20-19(21)24)13-15-9-5-8-14-7-3-4-10-16(14)15/h3-5,7-10,13H,2,6,11-12H2,1H3,(H,20,24)/b17-13+. The minimum atomic E-state index is -0.0792. The van der Waals surface area contributed by atoms with Crippen LogP contribution in [0.1, 0.15) is 18.9 Å². The van der Waals surface area contributed by atoms with E-state index in [1.165, 1.54) is 0 Å². The van der Waals surface area contributed by atoms with Gasteiger partial charge in [-0.05, 0) is 48.0 Å². The van der Waals surface area contributed by atoms with E-state index in [2.05, 4.69) is 23.5 Å². The Morgan fingerprint density at radius 1 is 1.21 bits per heavy atom. The average Bonchev–Trinajstić information content (AvgIpc) is 2.86. The van der Waals surface area contributed by atoms with Gasteiger partial charge < -0.3 is 10.1 Å².